The van der Waals surface area contributed by atoms with Gasteiger partial charge >= 0.3 is 0 Å². The molecule has 1 aromatic heterocycles. The number of nitrogens with zero attached hydrogens (tertiary/aromatic N) is 1. The largest absolute Gasteiger partial charge is 0.370 e. The minimum Gasteiger partial charge on any atom is -0.370 e. The molecule has 0 spiro atoms. The van der Waals surface area contributed by atoms with Gasteiger partial charge in [-0.25, -0.2) is 9.37 Å². The average molecular weight is 265 g/mol. The van der Waals surface area contributed by atoms with Crippen molar-refractivity contribution in [1.82, 2.24) is 10.3 Å². The summed E-state index contributed by atoms with van der Waals surface area (Å²) in [5, 5.41) is 5.87. The van der Waals surface area contributed by atoms with Gasteiger partial charge in [0.15, 0.2) is 0 Å². The minimum atomic E-state index is -0.497. The van der Waals surface area contributed by atoms with Crippen LogP contribution in [0.4, 0.5) is 10.2 Å². The molecule has 1 aliphatic carbocycles. The number of amides is 1. The topological polar surface area (TPSA) is 54.0 Å². The Labute approximate surface area is 112 Å². The van der Waals surface area contributed by atoms with Gasteiger partial charge in [0.1, 0.15) is 11.6 Å². The first-order valence-electron chi connectivity index (χ1n) is 6.78. The molecule has 19 heavy (non-hydrogen) atoms. The summed E-state index contributed by atoms with van der Waals surface area (Å²) in [6, 6.07) is 1.23. The third kappa shape index (κ3) is 3.22. The van der Waals surface area contributed by atoms with E-state index in [0.29, 0.717) is 18.9 Å². The molecule has 1 fully saturated rings. The van der Waals surface area contributed by atoms with Gasteiger partial charge in [-0.15, -0.1) is 0 Å². The molecule has 1 aromatic rings. The van der Waals surface area contributed by atoms with Crippen molar-refractivity contribution >= 4 is 11.7 Å². The van der Waals surface area contributed by atoms with E-state index in [2.05, 4.69) is 22.5 Å². The fourth-order valence-electron chi connectivity index (χ4n) is 2.12. The number of halogens is 1. The Hall–Kier alpha value is -1.65. The maximum atomic E-state index is 13.2. The van der Waals surface area contributed by atoms with Gasteiger partial charge in [-0.2, -0.15) is 0 Å². The molecular formula is C14H20FN3O. The molecule has 1 heterocycles. The van der Waals surface area contributed by atoms with Crippen molar-refractivity contribution < 1.29 is 9.18 Å². The van der Waals surface area contributed by atoms with Crippen LogP contribution in [0.3, 0.4) is 0 Å². The number of carbonyl (C=O) groups is 1. The predicted octanol–water partition coefficient (Wildman–Crippen LogP) is 2.57. The van der Waals surface area contributed by atoms with Crippen molar-refractivity contribution in [2.24, 2.45) is 5.41 Å². The lowest BCUT2D eigenvalue weighted by atomic mass is 10.0. The van der Waals surface area contributed by atoms with Crippen LogP contribution in [0, 0.1) is 11.2 Å². The molecule has 0 bridgehead atoms. The molecule has 4 nitrogen and oxygen atoms in total. The first-order valence-corrected chi connectivity index (χ1v) is 6.78. The Morgan fingerprint density at radius 3 is 2.79 bits per heavy atom. The quantitative estimate of drug-likeness (QED) is 0.831. The molecule has 5 heteroatoms. The third-order valence-corrected chi connectivity index (χ3v) is 3.77. The number of pyridine rings is 1. The Morgan fingerprint density at radius 2 is 2.21 bits per heavy atom. The molecule has 1 aliphatic rings. The monoisotopic (exact) mass is 265 g/mol. The molecule has 2 N–H and O–H groups in total. The maximum Gasteiger partial charge on any atom is 0.255 e. The van der Waals surface area contributed by atoms with Gasteiger partial charge < -0.3 is 10.6 Å². The summed E-state index contributed by atoms with van der Waals surface area (Å²) in [6.07, 6.45) is 4.49. The number of hydrogen-bond acceptors (Lipinski definition) is 3. The van der Waals surface area contributed by atoms with Crippen molar-refractivity contribution in [3.63, 3.8) is 0 Å². The van der Waals surface area contributed by atoms with Crippen molar-refractivity contribution in [3.8, 4) is 0 Å². The van der Waals surface area contributed by atoms with Crippen molar-refractivity contribution in [2.75, 3.05) is 18.4 Å². The summed E-state index contributed by atoms with van der Waals surface area (Å²) in [5.74, 6) is -0.325. The molecule has 1 amide bonds. The number of aromatic nitrogens is 1. The summed E-state index contributed by atoms with van der Waals surface area (Å²) in [5.41, 5.74) is 0.545. The van der Waals surface area contributed by atoms with E-state index in [4.69, 9.17) is 0 Å². The highest BCUT2D eigenvalue weighted by Crippen LogP contribution is 2.47. The number of rotatable bonds is 6. The number of anilines is 1. The van der Waals surface area contributed by atoms with Crippen LogP contribution in [-0.4, -0.2) is 24.0 Å². The SMILES string of the molecule is CCNc1ncc(F)cc1C(=O)NCC1(CC)CC1. The summed E-state index contributed by atoms with van der Waals surface area (Å²) in [7, 11) is 0. The van der Waals surface area contributed by atoms with Crippen LogP contribution in [0.5, 0.6) is 0 Å². The molecule has 1 saturated carbocycles. The van der Waals surface area contributed by atoms with E-state index in [9.17, 15) is 9.18 Å². The second-order valence-electron chi connectivity index (χ2n) is 5.12. The van der Waals surface area contributed by atoms with E-state index in [0.717, 1.165) is 25.5 Å². The summed E-state index contributed by atoms with van der Waals surface area (Å²) < 4.78 is 13.2. The van der Waals surface area contributed by atoms with Crippen LogP contribution in [-0.2, 0) is 0 Å². The van der Waals surface area contributed by atoms with E-state index in [1.807, 2.05) is 6.92 Å². The van der Waals surface area contributed by atoms with Crippen LogP contribution < -0.4 is 10.6 Å². The van der Waals surface area contributed by atoms with E-state index >= 15 is 0 Å². The van der Waals surface area contributed by atoms with Gasteiger partial charge in [0.2, 0.25) is 0 Å². The van der Waals surface area contributed by atoms with Gasteiger partial charge in [-0.3, -0.25) is 4.79 Å². The lowest BCUT2D eigenvalue weighted by Crippen LogP contribution is -2.30. The molecule has 0 saturated heterocycles. The van der Waals surface area contributed by atoms with Crippen molar-refractivity contribution in [2.45, 2.75) is 33.1 Å². The summed E-state index contributed by atoms with van der Waals surface area (Å²) >= 11 is 0. The van der Waals surface area contributed by atoms with Gasteiger partial charge in [0, 0.05) is 13.1 Å². The van der Waals surface area contributed by atoms with Crippen LogP contribution in [0.2, 0.25) is 0 Å². The number of nitrogens with one attached hydrogen (secondary N) is 2. The molecule has 104 valence electrons. The second kappa shape index (κ2) is 5.55. The average Bonchev–Trinajstić information content (AvgIpc) is 3.19. The Morgan fingerprint density at radius 1 is 1.47 bits per heavy atom. The second-order valence-corrected chi connectivity index (χ2v) is 5.12. The zero-order chi connectivity index (χ0) is 13.9. The highest BCUT2D eigenvalue weighted by Gasteiger charge is 2.40. The van der Waals surface area contributed by atoms with Crippen LogP contribution in [0.1, 0.15) is 43.5 Å². The van der Waals surface area contributed by atoms with Gasteiger partial charge in [-0.1, -0.05) is 6.92 Å². The standard InChI is InChI=1S/C14H20FN3O/c1-3-14(5-6-14)9-18-13(19)11-7-10(15)8-17-12(11)16-4-2/h7-8H,3-6,9H2,1-2H3,(H,16,17)(H,18,19). The van der Waals surface area contributed by atoms with Gasteiger partial charge in [0.25, 0.3) is 5.91 Å². The molecular weight excluding hydrogens is 245 g/mol. The molecule has 0 radical (unpaired) electrons. The number of hydrogen-bond donors (Lipinski definition) is 2. The first-order chi connectivity index (χ1) is 9.10. The van der Waals surface area contributed by atoms with E-state index in [1.165, 1.54) is 6.07 Å². The van der Waals surface area contributed by atoms with E-state index < -0.39 is 5.82 Å². The van der Waals surface area contributed by atoms with E-state index in [-0.39, 0.29) is 16.9 Å². The van der Waals surface area contributed by atoms with Gasteiger partial charge in [0.05, 0.1) is 11.8 Å². The predicted molar refractivity (Wildman–Crippen MR) is 72.6 cm³/mol. The molecule has 0 atom stereocenters. The summed E-state index contributed by atoms with van der Waals surface area (Å²) in [4.78, 5) is 16.0. The van der Waals surface area contributed by atoms with E-state index in [1.54, 1.807) is 0 Å². The molecule has 0 unspecified atom stereocenters. The minimum absolute atomic E-state index is 0.261. The Bertz CT molecular complexity index is 472. The van der Waals surface area contributed by atoms with Crippen molar-refractivity contribution in [3.05, 3.63) is 23.6 Å². The smallest absolute Gasteiger partial charge is 0.255 e. The lowest BCUT2D eigenvalue weighted by molar-refractivity contribution is 0.0944. The highest BCUT2D eigenvalue weighted by molar-refractivity contribution is 5.98. The summed E-state index contributed by atoms with van der Waals surface area (Å²) in [6.45, 7) is 5.33. The molecule has 2 rings (SSSR count). The fraction of sp³-hybridized carbons (Fsp3) is 0.571. The van der Waals surface area contributed by atoms with Crippen LogP contribution in [0.25, 0.3) is 0 Å². The fourth-order valence-corrected chi connectivity index (χ4v) is 2.12. The van der Waals surface area contributed by atoms with Gasteiger partial charge in [-0.05, 0) is 37.7 Å². The Balaban J connectivity index is 2.07. The highest BCUT2D eigenvalue weighted by atomic mass is 19.1. The zero-order valence-electron chi connectivity index (χ0n) is 11.4. The normalized spacial score (nSPS) is 15.9. The molecule has 0 aliphatic heterocycles. The zero-order valence-corrected chi connectivity index (χ0v) is 11.4. The van der Waals surface area contributed by atoms with Crippen LogP contribution >= 0.6 is 0 Å². The first kappa shape index (κ1) is 13.8. The lowest BCUT2D eigenvalue weighted by Gasteiger charge is -2.15. The third-order valence-electron chi connectivity index (χ3n) is 3.77. The van der Waals surface area contributed by atoms with Crippen LogP contribution in [0.15, 0.2) is 12.3 Å². The Kier molecular flexibility index (Phi) is 4.02. The molecule has 0 aromatic carbocycles. The number of carbonyl (C=O) groups excluding carboxylic acids is 1. The maximum absolute atomic E-state index is 13.2. The van der Waals surface area contributed by atoms with Crippen molar-refractivity contribution in [1.29, 1.82) is 0 Å².